The molecule has 0 aliphatic carbocycles. The van der Waals surface area contributed by atoms with Crippen LogP contribution in [-0.2, 0) is 9.36 Å². The predicted molar refractivity (Wildman–Crippen MR) is 103 cm³/mol. The summed E-state index contributed by atoms with van der Waals surface area (Å²) in [6.45, 7) is 1.26. The molecule has 2 N–H and O–H groups in total. The maximum absolute atomic E-state index is 14.3. The van der Waals surface area contributed by atoms with Crippen LogP contribution in [-0.4, -0.2) is 25.0 Å². The molecule has 0 aromatic heterocycles. The van der Waals surface area contributed by atoms with Gasteiger partial charge >= 0.3 is 0 Å². The van der Waals surface area contributed by atoms with Crippen LogP contribution in [0.3, 0.4) is 0 Å². The molecule has 2 aromatic rings. The summed E-state index contributed by atoms with van der Waals surface area (Å²) < 4.78 is 18.2. The number of nitrogens with zero attached hydrogens (tertiary/aromatic N) is 2. The van der Waals surface area contributed by atoms with E-state index < -0.39 is 13.1 Å². The molecule has 0 spiro atoms. The lowest BCUT2D eigenvalue weighted by Crippen LogP contribution is -2.27. The van der Waals surface area contributed by atoms with Crippen molar-refractivity contribution in [2.24, 2.45) is 5.73 Å². The highest BCUT2D eigenvalue weighted by Crippen LogP contribution is 2.64. The van der Waals surface area contributed by atoms with E-state index in [4.69, 9.17) is 5.73 Å². The van der Waals surface area contributed by atoms with Gasteiger partial charge < -0.3 is 19.9 Å². The van der Waals surface area contributed by atoms with Gasteiger partial charge in [-0.25, -0.2) is 0 Å². The molecule has 1 heterocycles. The summed E-state index contributed by atoms with van der Waals surface area (Å²) in [5.41, 5.74) is 6.93. The van der Waals surface area contributed by atoms with Crippen LogP contribution in [0, 0.1) is 0 Å². The largest absolute Gasteiger partial charge is 0.405 e. The van der Waals surface area contributed by atoms with Crippen LogP contribution in [0.5, 0.6) is 0 Å². The molecule has 130 valence electrons. The van der Waals surface area contributed by atoms with Gasteiger partial charge in [-0.05, 0) is 30.5 Å². The fraction of sp³-hybridized carbons (Fsp3) is 0.211. The average molecular weight is 355 g/mol. The summed E-state index contributed by atoms with van der Waals surface area (Å²) in [5, 5.41) is 0. The van der Waals surface area contributed by atoms with Gasteiger partial charge in [0.05, 0.1) is 5.66 Å². The van der Waals surface area contributed by atoms with E-state index in [0.717, 1.165) is 17.7 Å². The highest BCUT2D eigenvalue weighted by Gasteiger charge is 2.48. The highest BCUT2D eigenvalue weighted by atomic mass is 31.2. The van der Waals surface area contributed by atoms with E-state index in [2.05, 4.69) is 0 Å². The Hall–Kier alpha value is -2.52. The third-order valence-electron chi connectivity index (χ3n) is 4.43. The standard InChI is InChI=1S/C19H22N3O2P/c20-13-11-19(12-16-23)25(24)21(17-7-3-1-4-8-17)14-15-22(25)18-9-5-2-6-10-18/h1-11,13,16,19H,12,14-15,20H2/b13-11+. The van der Waals surface area contributed by atoms with E-state index in [1.807, 2.05) is 70.0 Å². The first-order chi connectivity index (χ1) is 12.2. The van der Waals surface area contributed by atoms with Crippen molar-refractivity contribution in [3.05, 3.63) is 72.9 Å². The molecule has 0 radical (unpaired) electrons. The number of aldehydes is 1. The van der Waals surface area contributed by atoms with Gasteiger partial charge in [0.15, 0.2) is 0 Å². The van der Waals surface area contributed by atoms with Crippen LogP contribution in [0.1, 0.15) is 6.42 Å². The third-order valence-corrected chi connectivity index (χ3v) is 7.92. The lowest BCUT2D eigenvalue weighted by molar-refractivity contribution is -0.107. The van der Waals surface area contributed by atoms with Crippen molar-refractivity contribution < 1.29 is 9.36 Å². The van der Waals surface area contributed by atoms with Crippen LogP contribution < -0.4 is 15.1 Å². The SMILES string of the molecule is N/C=C/C(CC=O)P1(=O)N(c2ccccc2)CCN1c1ccccc1. The van der Waals surface area contributed by atoms with Gasteiger partial charge in [0, 0.05) is 30.9 Å². The lowest BCUT2D eigenvalue weighted by Gasteiger charge is -2.36. The molecule has 3 rings (SSSR count). The summed E-state index contributed by atoms with van der Waals surface area (Å²) in [6, 6.07) is 19.4. The minimum absolute atomic E-state index is 0.164. The van der Waals surface area contributed by atoms with Crippen molar-refractivity contribution in [3.8, 4) is 0 Å². The number of nitrogens with two attached hydrogens (primary N) is 1. The summed E-state index contributed by atoms with van der Waals surface area (Å²) >= 11 is 0. The van der Waals surface area contributed by atoms with E-state index in [-0.39, 0.29) is 6.42 Å². The maximum atomic E-state index is 14.3. The minimum atomic E-state index is -3.11. The van der Waals surface area contributed by atoms with Crippen LogP contribution in [0.2, 0.25) is 0 Å². The Morgan fingerprint density at radius 3 is 1.84 bits per heavy atom. The minimum Gasteiger partial charge on any atom is -0.405 e. The zero-order chi connectivity index (χ0) is 17.7. The molecule has 1 aliphatic heterocycles. The number of hydrogen-bond acceptors (Lipinski definition) is 3. The Morgan fingerprint density at radius 1 is 0.960 bits per heavy atom. The molecular weight excluding hydrogens is 333 g/mol. The Kier molecular flexibility index (Phi) is 5.25. The Bertz CT molecular complexity index is 728. The first-order valence-corrected chi connectivity index (χ1v) is 9.98. The summed E-state index contributed by atoms with van der Waals surface area (Å²) in [4.78, 5) is 11.2. The van der Waals surface area contributed by atoms with Crippen LogP contribution in [0.4, 0.5) is 11.4 Å². The van der Waals surface area contributed by atoms with Crippen LogP contribution >= 0.6 is 7.44 Å². The van der Waals surface area contributed by atoms with E-state index in [0.29, 0.717) is 13.1 Å². The zero-order valence-electron chi connectivity index (χ0n) is 13.9. The molecular formula is C19H22N3O2P. The second-order valence-corrected chi connectivity index (χ2v) is 8.67. The normalized spacial score (nSPS) is 17.8. The monoisotopic (exact) mass is 355 g/mol. The molecule has 1 aliphatic rings. The van der Waals surface area contributed by atoms with Crippen molar-refractivity contribution in [2.45, 2.75) is 12.1 Å². The van der Waals surface area contributed by atoms with Gasteiger partial charge in [-0.15, -0.1) is 0 Å². The molecule has 0 saturated carbocycles. The smallest absolute Gasteiger partial charge is 0.270 e. The van der Waals surface area contributed by atoms with E-state index in [9.17, 15) is 9.36 Å². The summed E-state index contributed by atoms with van der Waals surface area (Å²) in [5.74, 6) is 0. The molecule has 1 fully saturated rings. The lowest BCUT2D eigenvalue weighted by atomic mass is 10.3. The Morgan fingerprint density at radius 2 is 1.44 bits per heavy atom. The number of hydrogen-bond donors (Lipinski definition) is 1. The summed E-state index contributed by atoms with van der Waals surface area (Å²) in [6.07, 6.45) is 4.05. The second-order valence-electron chi connectivity index (χ2n) is 5.86. The molecule has 0 bridgehead atoms. The van der Waals surface area contributed by atoms with Crippen molar-refractivity contribution in [1.29, 1.82) is 0 Å². The molecule has 6 heteroatoms. The van der Waals surface area contributed by atoms with E-state index in [1.54, 1.807) is 6.08 Å². The first-order valence-electron chi connectivity index (χ1n) is 8.29. The topological polar surface area (TPSA) is 66.6 Å². The predicted octanol–water partition coefficient (Wildman–Crippen LogP) is 3.64. The van der Waals surface area contributed by atoms with Gasteiger partial charge in [-0.1, -0.05) is 42.5 Å². The quantitative estimate of drug-likeness (QED) is 0.633. The van der Waals surface area contributed by atoms with E-state index in [1.165, 1.54) is 6.20 Å². The van der Waals surface area contributed by atoms with Gasteiger partial charge in [-0.3, -0.25) is 4.57 Å². The average Bonchev–Trinajstić information content (AvgIpc) is 3.01. The molecule has 0 amide bonds. The summed E-state index contributed by atoms with van der Waals surface area (Å²) in [7, 11) is -3.11. The molecule has 1 unspecified atom stereocenters. The number of para-hydroxylation sites is 2. The van der Waals surface area contributed by atoms with Crippen molar-refractivity contribution in [2.75, 3.05) is 22.4 Å². The van der Waals surface area contributed by atoms with Crippen molar-refractivity contribution in [3.63, 3.8) is 0 Å². The molecule has 2 aromatic carbocycles. The number of carbonyl (C=O) groups excluding carboxylic acids is 1. The highest BCUT2D eigenvalue weighted by molar-refractivity contribution is 7.68. The van der Waals surface area contributed by atoms with Gasteiger partial charge in [0.2, 0.25) is 0 Å². The zero-order valence-corrected chi connectivity index (χ0v) is 14.8. The molecule has 25 heavy (non-hydrogen) atoms. The number of carbonyl (C=O) groups is 1. The number of anilines is 2. The molecule has 1 atom stereocenters. The molecule has 1 saturated heterocycles. The molecule has 5 nitrogen and oxygen atoms in total. The van der Waals surface area contributed by atoms with E-state index >= 15 is 0 Å². The fourth-order valence-electron chi connectivity index (χ4n) is 3.31. The van der Waals surface area contributed by atoms with Crippen LogP contribution in [0.15, 0.2) is 72.9 Å². The van der Waals surface area contributed by atoms with Crippen molar-refractivity contribution in [1.82, 2.24) is 0 Å². The number of benzene rings is 2. The van der Waals surface area contributed by atoms with Gasteiger partial charge in [-0.2, -0.15) is 0 Å². The fourth-order valence-corrected chi connectivity index (χ4v) is 6.65. The third kappa shape index (κ3) is 3.20. The number of allylic oxidation sites excluding steroid dienone is 1. The van der Waals surface area contributed by atoms with Gasteiger partial charge in [0.1, 0.15) is 6.29 Å². The first kappa shape index (κ1) is 17.3. The Labute approximate surface area is 148 Å². The van der Waals surface area contributed by atoms with Crippen LogP contribution in [0.25, 0.3) is 0 Å². The van der Waals surface area contributed by atoms with Gasteiger partial charge in [0.25, 0.3) is 7.44 Å². The Balaban J connectivity index is 2.11. The second kappa shape index (κ2) is 7.58. The van der Waals surface area contributed by atoms with Crippen molar-refractivity contribution >= 4 is 25.1 Å². The maximum Gasteiger partial charge on any atom is 0.270 e. The number of rotatable bonds is 6.